The van der Waals surface area contributed by atoms with E-state index in [1.54, 1.807) is 0 Å². The van der Waals surface area contributed by atoms with Gasteiger partial charge in [-0.25, -0.2) is 18.4 Å². The SMILES string of the molecule is COC(=O)N1CCC(F)(F)CC1C(=O)O. The molecule has 15 heavy (non-hydrogen) atoms. The van der Waals surface area contributed by atoms with Crippen molar-refractivity contribution in [3.63, 3.8) is 0 Å². The number of aliphatic carboxylic acids is 1. The van der Waals surface area contributed by atoms with E-state index in [0.29, 0.717) is 0 Å². The highest BCUT2D eigenvalue weighted by molar-refractivity contribution is 5.80. The van der Waals surface area contributed by atoms with Crippen LogP contribution in [0.1, 0.15) is 12.8 Å². The van der Waals surface area contributed by atoms with Crippen LogP contribution >= 0.6 is 0 Å². The maximum Gasteiger partial charge on any atom is 0.410 e. The van der Waals surface area contributed by atoms with Crippen molar-refractivity contribution in [3.05, 3.63) is 0 Å². The molecule has 1 aliphatic heterocycles. The molecule has 1 N–H and O–H groups in total. The number of ether oxygens (including phenoxy) is 1. The summed E-state index contributed by atoms with van der Waals surface area (Å²) in [6.45, 7) is -0.309. The van der Waals surface area contributed by atoms with Gasteiger partial charge in [0.2, 0.25) is 0 Å². The van der Waals surface area contributed by atoms with Gasteiger partial charge in [-0.2, -0.15) is 0 Å². The smallest absolute Gasteiger partial charge is 0.410 e. The minimum absolute atomic E-state index is 0.309. The van der Waals surface area contributed by atoms with Gasteiger partial charge in [-0.3, -0.25) is 4.90 Å². The van der Waals surface area contributed by atoms with Crippen LogP contribution in [0.15, 0.2) is 0 Å². The van der Waals surface area contributed by atoms with Gasteiger partial charge in [0, 0.05) is 19.4 Å². The number of nitrogens with zero attached hydrogens (tertiary/aromatic N) is 1. The number of hydrogen-bond acceptors (Lipinski definition) is 3. The lowest BCUT2D eigenvalue weighted by molar-refractivity contribution is -0.151. The first-order valence-electron chi connectivity index (χ1n) is 4.32. The largest absolute Gasteiger partial charge is 0.480 e. The van der Waals surface area contributed by atoms with E-state index in [4.69, 9.17) is 5.11 Å². The van der Waals surface area contributed by atoms with E-state index >= 15 is 0 Å². The monoisotopic (exact) mass is 223 g/mol. The first-order valence-corrected chi connectivity index (χ1v) is 4.32. The fourth-order valence-corrected chi connectivity index (χ4v) is 1.49. The maximum atomic E-state index is 12.9. The summed E-state index contributed by atoms with van der Waals surface area (Å²) in [4.78, 5) is 22.6. The Hall–Kier alpha value is -1.40. The van der Waals surface area contributed by atoms with E-state index in [0.717, 1.165) is 12.0 Å². The molecule has 5 nitrogen and oxygen atoms in total. The Morgan fingerprint density at radius 3 is 2.60 bits per heavy atom. The van der Waals surface area contributed by atoms with E-state index in [1.807, 2.05) is 0 Å². The van der Waals surface area contributed by atoms with Gasteiger partial charge < -0.3 is 9.84 Å². The summed E-state index contributed by atoms with van der Waals surface area (Å²) in [5.41, 5.74) is 0. The molecule has 0 saturated carbocycles. The first-order chi connectivity index (χ1) is 6.87. The molecule has 1 amide bonds. The molecule has 0 radical (unpaired) electrons. The van der Waals surface area contributed by atoms with Gasteiger partial charge in [0.25, 0.3) is 5.92 Å². The quantitative estimate of drug-likeness (QED) is 0.718. The Bertz CT molecular complexity index is 282. The van der Waals surface area contributed by atoms with Crippen molar-refractivity contribution in [3.8, 4) is 0 Å². The summed E-state index contributed by atoms with van der Waals surface area (Å²) >= 11 is 0. The van der Waals surface area contributed by atoms with Gasteiger partial charge in [0.05, 0.1) is 7.11 Å². The fraction of sp³-hybridized carbons (Fsp3) is 0.750. The van der Waals surface area contributed by atoms with Crippen LogP contribution in [0.25, 0.3) is 0 Å². The summed E-state index contributed by atoms with van der Waals surface area (Å²) in [7, 11) is 1.08. The second kappa shape index (κ2) is 4.00. The molecule has 0 spiro atoms. The number of likely N-dealkylation sites (tertiary alicyclic amines) is 1. The van der Waals surface area contributed by atoms with Crippen molar-refractivity contribution < 1.29 is 28.2 Å². The Morgan fingerprint density at radius 1 is 1.53 bits per heavy atom. The lowest BCUT2D eigenvalue weighted by Gasteiger charge is -2.35. The highest BCUT2D eigenvalue weighted by Gasteiger charge is 2.45. The van der Waals surface area contributed by atoms with Crippen LogP contribution in [0.3, 0.4) is 0 Å². The van der Waals surface area contributed by atoms with Crippen molar-refractivity contribution in [2.75, 3.05) is 13.7 Å². The molecule has 0 bridgehead atoms. The average Bonchev–Trinajstić information content (AvgIpc) is 2.15. The van der Waals surface area contributed by atoms with Gasteiger partial charge in [-0.05, 0) is 0 Å². The number of hydrogen-bond donors (Lipinski definition) is 1. The molecule has 1 aliphatic rings. The van der Waals surface area contributed by atoms with E-state index in [9.17, 15) is 18.4 Å². The van der Waals surface area contributed by atoms with E-state index in [2.05, 4.69) is 4.74 Å². The number of halogens is 2. The lowest BCUT2D eigenvalue weighted by atomic mass is 9.99. The second-order valence-corrected chi connectivity index (χ2v) is 3.33. The van der Waals surface area contributed by atoms with Crippen LogP contribution in [0.5, 0.6) is 0 Å². The number of methoxy groups -OCH3 is 1. The van der Waals surface area contributed by atoms with E-state index < -0.39 is 36.9 Å². The van der Waals surface area contributed by atoms with Crippen molar-refractivity contribution >= 4 is 12.1 Å². The number of alkyl halides is 2. The van der Waals surface area contributed by atoms with Crippen LogP contribution in [0.2, 0.25) is 0 Å². The third-order valence-corrected chi connectivity index (χ3v) is 2.28. The summed E-state index contributed by atoms with van der Waals surface area (Å²) in [6.07, 6.45) is -2.29. The molecule has 0 aliphatic carbocycles. The molecule has 1 fully saturated rings. The van der Waals surface area contributed by atoms with Crippen LogP contribution in [-0.2, 0) is 9.53 Å². The number of piperidine rings is 1. The summed E-state index contributed by atoms with van der Waals surface area (Å²) in [5, 5.41) is 8.70. The highest BCUT2D eigenvalue weighted by atomic mass is 19.3. The van der Waals surface area contributed by atoms with E-state index in [1.165, 1.54) is 0 Å². The van der Waals surface area contributed by atoms with Crippen LogP contribution < -0.4 is 0 Å². The normalized spacial score (nSPS) is 24.7. The summed E-state index contributed by atoms with van der Waals surface area (Å²) in [6, 6.07) is -1.51. The summed E-state index contributed by atoms with van der Waals surface area (Å²) in [5.74, 6) is -4.48. The number of carbonyl (C=O) groups excluding carboxylic acids is 1. The van der Waals surface area contributed by atoms with Crippen molar-refractivity contribution in [1.29, 1.82) is 0 Å². The third kappa shape index (κ3) is 2.54. The van der Waals surface area contributed by atoms with Crippen LogP contribution in [0.4, 0.5) is 13.6 Å². The van der Waals surface area contributed by atoms with Crippen molar-refractivity contribution in [2.24, 2.45) is 0 Å². The minimum atomic E-state index is -3.03. The molecule has 86 valence electrons. The molecule has 1 rings (SSSR count). The van der Waals surface area contributed by atoms with E-state index in [-0.39, 0.29) is 6.54 Å². The molecule has 1 unspecified atom stereocenters. The number of rotatable bonds is 1. The number of carboxylic acid groups (broad SMARTS) is 1. The van der Waals surface area contributed by atoms with Gasteiger partial charge in [0.15, 0.2) is 0 Å². The zero-order valence-electron chi connectivity index (χ0n) is 8.07. The summed E-state index contributed by atoms with van der Waals surface area (Å²) < 4.78 is 30.1. The molecule has 0 aromatic rings. The minimum Gasteiger partial charge on any atom is -0.480 e. The molecule has 1 heterocycles. The second-order valence-electron chi connectivity index (χ2n) is 3.33. The van der Waals surface area contributed by atoms with Gasteiger partial charge >= 0.3 is 12.1 Å². The molecule has 7 heteroatoms. The topological polar surface area (TPSA) is 66.8 Å². The Kier molecular flexibility index (Phi) is 3.11. The predicted molar refractivity (Wildman–Crippen MR) is 44.7 cm³/mol. The van der Waals surface area contributed by atoms with Crippen molar-refractivity contribution in [1.82, 2.24) is 4.90 Å². The molecule has 0 aromatic carbocycles. The molecular formula is C8H11F2NO4. The third-order valence-electron chi connectivity index (χ3n) is 2.28. The van der Waals surface area contributed by atoms with Gasteiger partial charge in [-0.15, -0.1) is 0 Å². The Morgan fingerprint density at radius 2 is 2.13 bits per heavy atom. The van der Waals surface area contributed by atoms with Crippen molar-refractivity contribution in [2.45, 2.75) is 24.8 Å². The molecular weight excluding hydrogens is 212 g/mol. The first kappa shape index (κ1) is 11.7. The Balaban J connectivity index is 2.81. The standard InChI is InChI=1S/C8H11F2NO4/c1-15-7(14)11-3-2-8(9,10)4-5(11)6(12)13/h5H,2-4H2,1H3,(H,12,13). The highest BCUT2D eigenvalue weighted by Crippen LogP contribution is 2.32. The predicted octanol–water partition coefficient (Wildman–Crippen LogP) is 0.937. The van der Waals surface area contributed by atoms with Gasteiger partial charge in [0.1, 0.15) is 6.04 Å². The number of amides is 1. The Labute approximate surface area is 84.6 Å². The maximum absolute atomic E-state index is 12.9. The zero-order chi connectivity index (χ0) is 11.6. The molecule has 1 saturated heterocycles. The zero-order valence-corrected chi connectivity index (χ0v) is 8.07. The van der Waals surface area contributed by atoms with Crippen LogP contribution in [0, 0.1) is 0 Å². The van der Waals surface area contributed by atoms with Crippen LogP contribution in [-0.4, -0.2) is 47.7 Å². The molecule has 1 atom stereocenters. The lowest BCUT2D eigenvalue weighted by Crippen LogP contribution is -2.53. The fourth-order valence-electron chi connectivity index (χ4n) is 1.49. The molecule has 0 aromatic heterocycles. The average molecular weight is 223 g/mol. The number of carboxylic acids is 1. The number of carbonyl (C=O) groups is 2. The van der Waals surface area contributed by atoms with Gasteiger partial charge in [-0.1, -0.05) is 0 Å².